The van der Waals surface area contributed by atoms with Gasteiger partial charge in [0, 0.05) is 24.7 Å². The van der Waals surface area contributed by atoms with E-state index in [4.69, 9.17) is 5.11 Å². The number of amides is 1. The molecule has 1 aromatic rings. The zero-order valence-electron chi connectivity index (χ0n) is 9.47. The van der Waals surface area contributed by atoms with Gasteiger partial charge < -0.3 is 10.4 Å². The van der Waals surface area contributed by atoms with E-state index in [0.29, 0.717) is 5.56 Å². The van der Waals surface area contributed by atoms with Crippen LogP contribution in [-0.4, -0.2) is 26.8 Å². The summed E-state index contributed by atoms with van der Waals surface area (Å²) in [5, 5.41) is 15.3. The first kappa shape index (κ1) is 12.2. The number of carbonyl (C=O) groups is 2. The Labute approximate surface area is 93.3 Å². The molecule has 0 fully saturated rings. The molecule has 0 spiro atoms. The summed E-state index contributed by atoms with van der Waals surface area (Å²) < 4.78 is 1.49. The number of carboxylic acid groups (broad SMARTS) is 1. The van der Waals surface area contributed by atoms with Crippen LogP contribution in [0.1, 0.15) is 25.5 Å². The van der Waals surface area contributed by atoms with Gasteiger partial charge in [0.25, 0.3) is 0 Å². The number of nitrogens with one attached hydrogen (secondary N) is 1. The zero-order valence-corrected chi connectivity index (χ0v) is 9.47. The molecule has 0 aliphatic heterocycles. The third-order valence-corrected chi connectivity index (χ3v) is 2.12. The lowest BCUT2D eigenvalue weighted by Gasteiger charge is -2.14. The number of carbonyl (C=O) groups excluding carboxylic acids is 1. The van der Waals surface area contributed by atoms with Crippen LogP contribution in [0.4, 0.5) is 0 Å². The molecule has 0 aliphatic carbocycles. The molecule has 6 heteroatoms. The van der Waals surface area contributed by atoms with Crippen molar-refractivity contribution in [3.8, 4) is 0 Å². The van der Waals surface area contributed by atoms with Crippen LogP contribution in [-0.2, 0) is 16.6 Å². The predicted octanol–water partition coefficient (Wildman–Crippen LogP) is 0.318. The Hall–Kier alpha value is -1.85. The smallest absolute Gasteiger partial charge is 0.331 e. The van der Waals surface area contributed by atoms with Crippen molar-refractivity contribution in [2.75, 3.05) is 0 Å². The number of aromatic nitrogens is 2. The fourth-order valence-electron chi connectivity index (χ4n) is 1.19. The molecule has 16 heavy (non-hydrogen) atoms. The van der Waals surface area contributed by atoms with Gasteiger partial charge in [0.15, 0.2) is 6.04 Å². The highest BCUT2D eigenvalue weighted by atomic mass is 16.4. The summed E-state index contributed by atoms with van der Waals surface area (Å²) in [7, 11) is 1.69. The van der Waals surface area contributed by atoms with E-state index in [-0.39, 0.29) is 11.8 Å². The summed E-state index contributed by atoms with van der Waals surface area (Å²) in [6.45, 7) is 3.41. The molecular weight excluding hydrogens is 210 g/mol. The number of carboxylic acids is 1. The van der Waals surface area contributed by atoms with Gasteiger partial charge in [-0.1, -0.05) is 13.8 Å². The molecule has 0 bridgehead atoms. The number of aryl methyl sites for hydroxylation is 1. The van der Waals surface area contributed by atoms with Crippen molar-refractivity contribution in [2.24, 2.45) is 13.0 Å². The van der Waals surface area contributed by atoms with Crippen molar-refractivity contribution in [3.05, 3.63) is 18.0 Å². The van der Waals surface area contributed by atoms with Crippen LogP contribution in [0.2, 0.25) is 0 Å². The molecule has 1 heterocycles. The topological polar surface area (TPSA) is 84.2 Å². The molecule has 0 aliphatic rings. The minimum absolute atomic E-state index is 0.251. The zero-order chi connectivity index (χ0) is 12.3. The lowest BCUT2D eigenvalue weighted by Crippen LogP contribution is -2.36. The monoisotopic (exact) mass is 225 g/mol. The number of nitrogens with zero attached hydrogens (tertiary/aromatic N) is 2. The maximum Gasteiger partial charge on any atom is 0.331 e. The van der Waals surface area contributed by atoms with E-state index in [1.807, 2.05) is 0 Å². The van der Waals surface area contributed by atoms with Gasteiger partial charge in [0.1, 0.15) is 0 Å². The van der Waals surface area contributed by atoms with E-state index in [2.05, 4.69) is 10.4 Å². The van der Waals surface area contributed by atoms with Crippen LogP contribution in [0.25, 0.3) is 0 Å². The van der Waals surface area contributed by atoms with Crippen molar-refractivity contribution in [1.82, 2.24) is 15.1 Å². The van der Waals surface area contributed by atoms with E-state index in [1.165, 1.54) is 10.9 Å². The molecule has 1 amide bonds. The molecule has 88 valence electrons. The summed E-state index contributed by atoms with van der Waals surface area (Å²) in [5.41, 5.74) is 0.462. The first-order valence-electron chi connectivity index (χ1n) is 4.93. The highest BCUT2D eigenvalue weighted by molar-refractivity contribution is 5.85. The van der Waals surface area contributed by atoms with E-state index in [9.17, 15) is 9.59 Å². The number of aliphatic carboxylic acids is 1. The Morgan fingerprint density at radius 3 is 2.50 bits per heavy atom. The average Bonchev–Trinajstić information content (AvgIpc) is 2.59. The van der Waals surface area contributed by atoms with Gasteiger partial charge in [-0.25, -0.2) is 4.79 Å². The maximum atomic E-state index is 11.4. The second-order valence-corrected chi connectivity index (χ2v) is 3.88. The molecule has 6 nitrogen and oxygen atoms in total. The highest BCUT2D eigenvalue weighted by Gasteiger charge is 2.24. The second-order valence-electron chi connectivity index (χ2n) is 3.88. The van der Waals surface area contributed by atoms with Gasteiger partial charge in [-0.15, -0.1) is 0 Å². The van der Waals surface area contributed by atoms with E-state index < -0.39 is 12.0 Å². The average molecular weight is 225 g/mol. The third kappa shape index (κ3) is 2.82. The van der Waals surface area contributed by atoms with Crippen molar-refractivity contribution < 1.29 is 14.7 Å². The molecule has 0 aromatic carbocycles. The lowest BCUT2D eigenvalue weighted by atomic mass is 10.1. The number of hydrogen-bond acceptors (Lipinski definition) is 3. The summed E-state index contributed by atoms with van der Waals surface area (Å²) >= 11 is 0. The standard InChI is InChI=1S/C10H15N3O3/c1-6(2)9(14)12-8(10(15)16)7-4-11-13(3)5-7/h4-6,8H,1-3H3,(H,12,14)(H,15,16). The van der Waals surface area contributed by atoms with E-state index in [1.54, 1.807) is 27.1 Å². The molecule has 1 atom stereocenters. The van der Waals surface area contributed by atoms with Gasteiger partial charge in [0.2, 0.25) is 5.91 Å². The third-order valence-electron chi connectivity index (χ3n) is 2.12. The van der Waals surface area contributed by atoms with Crippen LogP contribution >= 0.6 is 0 Å². The minimum Gasteiger partial charge on any atom is -0.479 e. The van der Waals surface area contributed by atoms with Gasteiger partial charge in [-0.3, -0.25) is 9.48 Å². The van der Waals surface area contributed by atoms with Crippen LogP contribution < -0.4 is 5.32 Å². The Kier molecular flexibility index (Phi) is 3.65. The SMILES string of the molecule is CC(C)C(=O)NC(C(=O)O)c1cnn(C)c1. The molecule has 1 unspecified atom stereocenters. The normalized spacial score (nSPS) is 12.5. The molecule has 0 saturated carbocycles. The van der Waals surface area contributed by atoms with Crippen molar-refractivity contribution >= 4 is 11.9 Å². The number of hydrogen-bond donors (Lipinski definition) is 2. The van der Waals surface area contributed by atoms with Gasteiger partial charge in [-0.05, 0) is 0 Å². The van der Waals surface area contributed by atoms with Gasteiger partial charge >= 0.3 is 5.97 Å². The fraction of sp³-hybridized carbons (Fsp3) is 0.500. The molecule has 0 saturated heterocycles. The Balaban J connectivity index is 2.84. The van der Waals surface area contributed by atoms with E-state index >= 15 is 0 Å². The first-order chi connectivity index (χ1) is 7.41. The molecule has 1 rings (SSSR count). The van der Waals surface area contributed by atoms with Gasteiger partial charge in [-0.2, -0.15) is 5.10 Å². The largest absolute Gasteiger partial charge is 0.479 e. The van der Waals surface area contributed by atoms with Crippen molar-refractivity contribution in [2.45, 2.75) is 19.9 Å². The van der Waals surface area contributed by atoms with Crippen LogP contribution in [0.5, 0.6) is 0 Å². The Morgan fingerprint density at radius 1 is 1.50 bits per heavy atom. The summed E-state index contributed by atoms with van der Waals surface area (Å²) in [6, 6.07) is -1.04. The van der Waals surface area contributed by atoms with Crippen LogP contribution in [0.3, 0.4) is 0 Å². The van der Waals surface area contributed by atoms with Crippen molar-refractivity contribution in [1.29, 1.82) is 0 Å². The summed E-state index contributed by atoms with van der Waals surface area (Å²) in [4.78, 5) is 22.5. The Bertz CT molecular complexity index is 398. The predicted molar refractivity (Wildman–Crippen MR) is 56.6 cm³/mol. The lowest BCUT2D eigenvalue weighted by molar-refractivity contribution is -0.142. The van der Waals surface area contributed by atoms with Crippen LogP contribution in [0, 0.1) is 5.92 Å². The van der Waals surface area contributed by atoms with Crippen molar-refractivity contribution in [3.63, 3.8) is 0 Å². The minimum atomic E-state index is -1.10. The number of rotatable bonds is 4. The maximum absolute atomic E-state index is 11.4. The second kappa shape index (κ2) is 4.78. The molecule has 1 aromatic heterocycles. The quantitative estimate of drug-likeness (QED) is 0.772. The van der Waals surface area contributed by atoms with Crippen LogP contribution in [0.15, 0.2) is 12.4 Å². The molecular formula is C10H15N3O3. The van der Waals surface area contributed by atoms with E-state index in [0.717, 1.165) is 0 Å². The van der Waals surface area contributed by atoms with Gasteiger partial charge in [0.05, 0.1) is 6.20 Å². The first-order valence-corrected chi connectivity index (χ1v) is 4.93. The highest BCUT2D eigenvalue weighted by Crippen LogP contribution is 2.12. The fourth-order valence-corrected chi connectivity index (χ4v) is 1.19. The summed E-state index contributed by atoms with van der Waals surface area (Å²) in [5.74, 6) is -1.64. The summed E-state index contributed by atoms with van der Waals surface area (Å²) in [6.07, 6.45) is 3.00. The Morgan fingerprint density at radius 2 is 2.12 bits per heavy atom. The molecule has 0 radical (unpaired) electrons. The molecule has 2 N–H and O–H groups in total.